The smallest absolute Gasteiger partial charge is 0.420 e. The van der Waals surface area contributed by atoms with Crippen molar-refractivity contribution in [1.82, 2.24) is 5.32 Å². The van der Waals surface area contributed by atoms with Gasteiger partial charge in [-0.3, -0.25) is 0 Å². The van der Waals surface area contributed by atoms with Crippen LogP contribution in [0.15, 0.2) is 18.2 Å². The van der Waals surface area contributed by atoms with E-state index >= 15 is 0 Å². The molecule has 0 amide bonds. The highest BCUT2D eigenvalue weighted by atomic mass is 35.5. The SMILES string of the molecule is CC(C)CC(Oc1ccc(Cl)cc1C(F)(F)F)C1CCNC1. The maximum Gasteiger partial charge on any atom is 0.420 e. The Hall–Kier alpha value is -0.940. The number of halogens is 4. The first-order chi connectivity index (χ1) is 10.3. The average Bonchev–Trinajstić information content (AvgIpc) is 2.92. The molecule has 2 rings (SSSR count). The van der Waals surface area contributed by atoms with E-state index in [1.54, 1.807) is 0 Å². The molecule has 0 bridgehead atoms. The Balaban J connectivity index is 2.25. The molecule has 1 saturated heterocycles. The lowest BCUT2D eigenvalue weighted by Gasteiger charge is -2.27. The van der Waals surface area contributed by atoms with Crippen molar-refractivity contribution in [2.24, 2.45) is 11.8 Å². The Morgan fingerprint density at radius 2 is 2.09 bits per heavy atom. The second-order valence-corrected chi connectivity index (χ2v) is 6.61. The predicted octanol–water partition coefficient (Wildman–Crippen LogP) is 4.76. The molecule has 1 N–H and O–H groups in total. The van der Waals surface area contributed by atoms with Gasteiger partial charge in [0.05, 0.1) is 5.56 Å². The first kappa shape index (κ1) is 17.4. The minimum absolute atomic E-state index is 0.0580. The molecule has 1 aromatic carbocycles. The number of rotatable bonds is 5. The van der Waals surface area contributed by atoms with E-state index in [4.69, 9.17) is 16.3 Å². The standard InChI is InChI=1S/C16H21ClF3NO/c1-10(2)7-15(11-5-6-21-9-11)22-14-4-3-12(17)8-13(14)16(18,19)20/h3-4,8,10-11,15,21H,5-7,9H2,1-2H3. The lowest BCUT2D eigenvalue weighted by Crippen LogP contribution is -2.31. The summed E-state index contributed by atoms with van der Waals surface area (Å²) < 4.78 is 45.3. The molecule has 22 heavy (non-hydrogen) atoms. The van der Waals surface area contributed by atoms with Crippen LogP contribution in [0.3, 0.4) is 0 Å². The van der Waals surface area contributed by atoms with Crippen LogP contribution in [-0.4, -0.2) is 19.2 Å². The molecule has 1 heterocycles. The average molecular weight is 336 g/mol. The van der Waals surface area contributed by atoms with E-state index in [0.29, 0.717) is 5.92 Å². The molecule has 2 unspecified atom stereocenters. The summed E-state index contributed by atoms with van der Waals surface area (Å²) in [4.78, 5) is 0. The highest BCUT2D eigenvalue weighted by Gasteiger charge is 2.36. The summed E-state index contributed by atoms with van der Waals surface area (Å²) in [6.07, 6.45) is -3.05. The molecule has 0 aromatic heterocycles. The Morgan fingerprint density at radius 1 is 1.36 bits per heavy atom. The normalized spacial score (nSPS) is 20.4. The third kappa shape index (κ3) is 4.53. The zero-order chi connectivity index (χ0) is 16.3. The van der Waals surface area contributed by atoms with Crippen LogP contribution in [-0.2, 0) is 6.18 Å². The van der Waals surface area contributed by atoms with Crippen molar-refractivity contribution in [1.29, 1.82) is 0 Å². The minimum Gasteiger partial charge on any atom is -0.489 e. The quantitative estimate of drug-likeness (QED) is 0.837. The van der Waals surface area contributed by atoms with Crippen LogP contribution < -0.4 is 10.1 Å². The molecule has 1 aromatic rings. The zero-order valence-electron chi connectivity index (χ0n) is 12.7. The molecule has 0 spiro atoms. The largest absolute Gasteiger partial charge is 0.489 e. The van der Waals surface area contributed by atoms with Crippen LogP contribution >= 0.6 is 11.6 Å². The van der Waals surface area contributed by atoms with Crippen LogP contribution in [0.2, 0.25) is 5.02 Å². The van der Waals surface area contributed by atoms with E-state index in [1.807, 2.05) is 13.8 Å². The van der Waals surface area contributed by atoms with Crippen molar-refractivity contribution in [2.45, 2.75) is 39.0 Å². The maximum absolute atomic E-state index is 13.2. The monoisotopic (exact) mass is 335 g/mol. The van der Waals surface area contributed by atoms with Crippen LogP contribution in [0.5, 0.6) is 5.75 Å². The topological polar surface area (TPSA) is 21.3 Å². The van der Waals surface area contributed by atoms with Crippen molar-refractivity contribution in [3.63, 3.8) is 0 Å². The predicted molar refractivity (Wildman–Crippen MR) is 81.3 cm³/mol. The number of hydrogen-bond donors (Lipinski definition) is 1. The first-order valence-corrected chi connectivity index (χ1v) is 7.89. The lowest BCUT2D eigenvalue weighted by molar-refractivity contribution is -0.139. The third-order valence-electron chi connectivity index (χ3n) is 3.85. The fourth-order valence-electron chi connectivity index (χ4n) is 2.79. The summed E-state index contributed by atoms with van der Waals surface area (Å²) in [6.45, 7) is 5.76. The van der Waals surface area contributed by atoms with Gasteiger partial charge in [-0.2, -0.15) is 13.2 Å². The van der Waals surface area contributed by atoms with Gasteiger partial charge in [0.15, 0.2) is 0 Å². The van der Waals surface area contributed by atoms with E-state index < -0.39 is 11.7 Å². The van der Waals surface area contributed by atoms with Crippen LogP contribution in [0.1, 0.15) is 32.3 Å². The Labute approximate surface area is 134 Å². The molecule has 2 atom stereocenters. The molecule has 1 aliphatic heterocycles. The molecular weight excluding hydrogens is 315 g/mol. The zero-order valence-corrected chi connectivity index (χ0v) is 13.5. The maximum atomic E-state index is 13.2. The summed E-state index contributed by atoms with van der Waals surface area (Å²) in [6, 6.07) is 3.68. The fourth-order valence-corrected chi connectivity index (χ4v) is 2.96. The van der Waals surface area contributed by atoms with E-state index in [9.17, 15) is 13.2 Å². The lowest BCUT2D eigenvalue weighted by atomic mass is 9.93. The number of nitrogens with one attached hydrogen (secondary N) is 1. The van der Waals surface area contributed by atoms with Crippen molar-refractivity contribution < 1.29 is 17.9 Å². The summed E-state index contributed by atoms with van der Waals surface area (Å²) in [5, 5.41) is 3.30. The number of benzene rings is 1. The van der Waals surface area contributed by atoms with Crippen LogP contribution in [0.25, 0.3) is 0 Å². The van der Waals surface area contributed by atoms with E-state index in [-0.39, 0.29) is 22.8 Å². The van der Waals surface area contributed by atoms with E-state index in [1.165, 1.54) is 12.1 Å². The molecule has 0 saturated carbocycles. The van der Waals surface area contributed by atoms with Gasteiger partial charge in [0.1, 0.15) is 11.9 Å². The van der Waals surface area contributed by atoms with Gasteiger partial charge < -0.3 is 10.1 Å². The number of hydrogen-bond acceptors (Lipinski definition) is 2. The van der Waals surface area contributed by atoms with Gasteiger partial charge in [0.25, 0.3) is 0 Å². The van der Waals surface area contributed by atoms with Gasteiger partial charge in [0.2, 0.25) is 0 Å². The van der Waals surface area contributed by atoms with E-state index in [0.717, 1.165) is 32.0 Å². The molecular formula is C16H21ClF3NO. The van der Waals surface area contributed by atoms with Gasteiger partial charge >= 0.3 is 6.18 Å². The van der Waals surface area contributed by atoms with E-state index in [2.05, 4.69) is 5.32 Å². The van der Waals surface area contributed by atoms with Gasteiger partial charge in [0, 0.05) is 17.5 Å². The Kier molecular flexibility index (Phi) is 5.61. The molecule has 1 fully saturated rings. The van der Waals surface area contributed by atoms with Crippen LogP contribution in [0, 0.1) is 11.8 Å². The molecule has 2 nitrogen and oxygen atoms in total. The van der Waals surface area contributed by atoms with Crippen LogP contribution in [0.4, 0.5) is 13.2 Å². The summed E-state index contributed by atoms with van der Waals surface area (Å²) >= 11 is 5.71. The fraction of sp³-hybridized carbons (Fsp3) is 0.625. The van der Waals surface area contributed by atoms with Crippen molar-refractivity contribution in [2.75, 3.05) is 13.1 Å². The molecule has 1 aliphatic rings. The highest BCUT2D eigenvalue weighted by Crippen LogP contribution is 2.39. The summed E-state index contributed by atoms with van der Waals surface area (Å²) in [5.74, 6) is 0.459. The second-order valence-electron chi connectivity index (χ2n) is 6.18. The van der Waals surface area contributed by atoms with Gasteiger partial charge in [-0.15, -0.1) is 0 Å². The molecule has 0 aliphatic carbocycles. The minimum atomic E-state index is -4.48. The summed E-state index contributed by atoms with van der Waals surface area (Å²) in [7, 11) is 0. The summed E-state index contributed by atoms with van der Waals surface area (Å²) in [5.41, 5.74) is -0.806. The number of alkyl halides is 3. The van der Waals surface area contributed by atoms with Crippen molar-refractivity contribution in [3.8, 4) is 5.75 Å². The Morgan fingerprint density at radius 3 is 2.64 bits per heavy atom. The van der Waals surface area contributed by atoms with Crippen molar-refractivity contribution in [3.05, 3.63) is 28.8 Å². The highest BCUT2D eigenvalue weighted by molar-refractivity contribution is 6.30. The van der Waals surface area contributed by atoms with Gasteiger partial charge in [-0.1, -0.05) is 25.4 Å². The second kappa shape index (κ2) is 7.09. The van der Waals surface area contributed by atoms with Gasteiger partial charge in [-0.25, -0.2) is 0 Å². The number of ether oxygens (including phenoxy) is 1. The first-order valence-electron chi connectivity index (χ1n) is 7.51. The molecule has 124 valence electrons. The third-order valence-corrected chi connectivity index (χ3v) is 4.09. The molecule has 6 heteroatoms. The Bertz CT molecular complexity index is 499. The van der Waals surface area contributed by atoms with Crippen molar-refractivity contribution >= 4 is 11.6 Å². The molecule has 0 radical (unpaired) electrons. The van der Waals surface area contributed by atoms with Gasteiger partial charge in [-0.05, 0) is 43.5 Å².